The molecule has 0 rings (SSSR count). The van der Waals surface area contributed by atoms with Crippen molar-refractivity contribution in [2.45, 2.75) is 52.4 Å². The number of carbonyl (C=O) groups excluding carboxylic acids is 1. The quantitative estimate of drug-likeness (QED) is 0.349. The Balaban J connectivity index is 3.72. The van der Waals surface area contributed by atoms with Crippen LogP contribution in [-0.4, -0.2) is 82.0 Å². The minimum absolute atomic E-state index is 0.0266. The molecule has 0 heterocycles. The van der Waals surface area contributed by atoms with Gasteiger partial charge in [-0.25, -0.2) is 4.79 Å². The van der Waals surface area contributed by atoms with Crippen LogP contribution in [0.25, 0.3) is 0 Å². The molecule has 1 amide bonds. The Morgan fingerprint density at radius 1 is 0.769 bits per heavy atom. The third-order valence-electron chi connectivity index (χ3n) is 3.79. The summed E-state index contributed by atoms with van der Waals surface area (Å²) >= 11 is 0. The number of hydrogen-bond donors (Lipinski definition) is 1. The molecule has 0 unspecified atom stereocenters. The Morgan fingerprint density at radius 2 is 1.35 bits per heavy atom. The van der Waals surface area contributed by atoms with Crippen LogP contribution in [0.2, 0.25) is 0 Å². The van der Waals surface area contributed by atoms with Gasteiger partial charge in [0.25, 0.3) is 0 Å². The van der Waals surface area contributed by atoms with Crippen LogP contribution in [0, 0.1) is 0 Å². The average molecular weight is 378 g/mol. The molecule has 0 radical (unpaired) electrons. The van der Waals surface area contributed by atoms with Crippen LogP contribution in [0.15, 0.2) is 0 Å². The van der Waals surface area contributed by atoms with Crippen molar-refractivity contribution < 1.29 is 28.8 Å². The van der Waals surface area contributed by atoms with E-state index >= 15 is 0 Å². The first-order valence-electron chi connectivity index (χ1n) is 10.0. The number of unbranched alkanes of at least 4 members (excludes halogenated alkanes) is 5. The zero-order chi connectivity index (χ0) is 19.3. The van der Waals surface area contributed by atoms with Crippen molar-refractivity contribution >= 4 is 6.09 Å². The van der Waals surface area contributed by atoms with Crippen molar-refractivity contribution in [2.24, 2.45) is 0 Å². The van der Waals surface area contributed by atoms with Gasteiger partial charge < -0.3 is 29.0 Å². The fourth-order valence-electron chi connectivity index (χ4n) is 2.37. The number of ether oxygens (including phenoxy) is 4. The summed E-state index contributed by atoms with van der Waals surface area (Å²) in [5.74, 6) is 0. The highest BCUT2D eigenvalue weighted by Gasteiger charge is 2.13. The van der Waals surface area contributed by atoms with Crippen LogP contribution in [0.5, 0.6) is 0 Å². The minimum atomic E-state index is -0.262. The van der Waals surface area contributed by atoms with E-state index in [0.717, 1.165) is 12.8 Å². The van der Waals surface area contributed by atoms with Gasteiger partial charge in [0.05, 0.1) is 52.9 Å². The molecule has 1 N–H and O–H groups in total. The van der Waals surface area contributed by atoms with Crippen molar-refractivity contribution in [3.05, 3.63) is 0 Å². The second-order valence-electron chi connectivity index (χ2n) is 6.01. The van der Waals surface area contributed by atoms with E-state index in [-0.39, 0.29) is 12.7 Å². The lowest BCUT2D eigenvalue weighted by molar-refractivity contribution is 0.00432. The molecule has 7 nitrogen and oxygen atoms in total. The van der Waals surface area contributed by atoms with E-state index in [1.165, 1.54) is 25.7 Å². The standard InChI is InChI=1S/C19H39NO6/c1-3-5-6-7-8-9-10-20(19(22)26-4-2)11-13-23-15-17-25-18-16-24-14-12-21/h21H,3-18H2,1-2H3. The smallest absolute Gasteiger partial charge is 0.409 e. The summed E-state index contributed by atoms with van der Waals surface area (Å²) in [6, 6.07) is 0. The van der Waals surface area contributed by atoms with Gasteiger partial charge in [-0.05, 0) is 13.3 Å². The van der Waals surface area contributed by atoms with Crippen molar-refractivity contribution in [3.8, 4) is 0 Å². The second-order valence-corrected chi connectivity index (χ2v) is 6.01. The molecule has 0 aromatic heterocycles. The van der Waals surface area contributed by atoms with E-state index in [4.69, 9.17) is 24.1 Å². The van der Waals surface area contributed by atoms with Crippen molar-refractivity contribution in [1.29, 1.82) is 0 Å². The summed E-state index contributed by atoms with van der Waals surface area (Å²) in [6.07, 6.45) is 6.89. The molecule has 0 aromatic carbocycles. The van der Waals surface area contributed by atoms with Gasteiger partial charge in [-0.15, -0.1) is 0 Å². The molecule has 0 spiro atoms. The van der Waals surface area contributed by atoms with Crippen LogP contribution in [0.4, 0.5) is 4.79 Å². The van der Waals surface area contributed by atoms with E-state index in [9.17, 15) is 4.79 Å². The van der Waals surface area contributed by atoms with Gasteiger partial charge in [0.1, 0.15) is 0 Å². The third kappa shape index (κ3) is 16.6. The normalized spacial score (nSPS) is 10.9. The molecule has 156 valence electrons. The predicted molar refractivity (Wildman–Crippen MR) is 102 cm³/mol. The van der Waals surface area contributed by atoms with Crippen molar-refractivity contribution in [2.75, 3.05) is 65.9 Å². The largest absolute Gasteiger partial charge is 0.450 e. The summed E-state index contributed by atoms with van der Waals surface area (Å²) in [5, 5.41) is 8.56. The Kier molecular flexibility index (Phi) is 19.7. The van der Waals surface area contributed by atoms with Gasteiger partial charge in [0.15, 0.2) is 0 Å². The van der Waals surface area contributed by atoms with E-state index in [1.54, 1.807) is 4.90 Å². The van der Waals surface area contributed by atoms with Gasteiger partial charge in [-0.1, -0.05) is 39.0 Å². The van der Waals surface area contributed by atoms with Gasteiger partial charge in [-0.3, -0.25) is 0 Å². The number of hydrogen-bond acceptors (Lipinski definition) is 6. The highest BCUT2D eigenvalue weighted by molar-refractivity contribution is 5.67. The molecule has 0 aliphatic carbocycles. The lowest BCUT2D eigenvalue weighted by Crippen LogP contribution is -2.35. The summed E-state index contributed by atoms with van der Waals surface area (Å²) in [7, 11) is 0. The molecule has 26 heavy (non-hydrogen) atoms. The lowest BCUT2D eigenvalue weighted by atomic mass is 10.1. The molecule has 0 aliphatic rings. The molecule has 0 bridgehead atoms. The fourth-order valence-corrected chi connectivity index (χ4v) is 2.37. The first kappa shape index (κ1) is 25.1. The van der Waals surface area contributed by atoms with Crippen LogP contribution in [0.1, 0.15) is 52.4 Å². The highest BCUT2D eigenvalue weighted by atomic mass is 16.6. The fraction of sp³-hybridized carbons (Fsp3) is 0.947. The average Bonchev–Trinajstić information content (AvgIpc) is 2.64. The molecule has 0 aliphatic heterocycles. The first-order valence-corrected chi connectivity index (χ1v) is 10.0. The number of aliphatic hydroxyl groups is 1. The molecule has 7 heteroatoms. The lowest BCUT2D eigenvalue weighted by Gasteiger charge is -2.21. The zero-order valence-electron chi connectivity index (χ0n) is 16.7. The number of nitrogens with zero attached hydrogens (tertiary/aromatic N) is 1. The summed E-state index contributed by atoms with van der Waals surface area (Å²) in [6.45, 7) is 8.41. The van der Waals surface area contributed by atoms with Gasteiger partial charge in [0, 0.05) is 13.1 Å². The van der Waals surface area contributed by atoms with E-state index in [0.29, 0.717) is 59.3 Å². The summed E-state index contributed by atoms with van der Waals surface area (Å²) in [5.41, 5.74) is 0. The van der Waals surface area contributed by atoms with E-state index in [2.05, 4.69) is 6.92 Å². The van der Waals surface area contributed by atoms with Crippen LogP contribution >= 0.6 is 0 Å². The van der Waals surface area contributed by atoms with E-state index < -0.39 is 0 Å². The first-order chi connectivity index (χ1) is 12.8. The molecular formula is C19H39NO6. The molecule has 0 saturated heterocycles. The van der Waals surface area contributed by atoms with Crippen LogP contribution < -0.4 is 0 Å². The Labute approximate surface area is 158 Å². The monoisotopic (exact) mass is 377 g/mol. The second kappa shape index (κ2) is 20.4. The Hall–Kier alpha value is -0.890. The maximum Gasteiger partial charge on any atom is 0.409 e. The molecule has 0 atom stereocenters. The SMILES string of the molecule is CCCCCCCCN(CCOCCOCCOCCO)C(=O)OCC. The van der Waals surface area contributed by atoms with Crippen LogP contribution in [0.3, 0.4) is 0 Å². The highest BCUT2D eigenvalue weighted by Crippen LogP contribution is 2.07. The summed E-state index contributed by atoms with van der Waals surface area (Å²) in [4.78, 5) is 13.7. The topological polar surface area (TPSA) is 77.5 Å². The molecule has 0 saturated carbocycles. The number of amides is 1. The predicted octanol–water partition coefficient (Wildman–Crippen LogP) is 2.85. The molecule has 0 fully saturated rings. The zero-order valence-corrected chi connectivity index (χ0v) is 16.7. The number of carbonyl (C=O) groups is 1. The number of rotatable bonds is 19. The Bertz CT molecular complexity index is 304. The maximum atomic E-state index is 12.0. The summed E-state index contributed by atoms with van der Waals surface area (Å²) < 4.78 is 21.1. The molecule has 0 aromatic rings. The van der Waals surface area contributed by atoms with Crippen LogP contribution in [-0.2, 0) is 18.9 Å². The van der Waals surface area contributed by atoms with Crippen molar-refractivity contribution in [3.63, 3.8) is 0 Å². The third-order valence-corrected chi connectivity index (χ3v) is 3.79. The maximum absolute atomic E-state index is 12.0. The van der Waals surface area contributed by atoms with Gasteiger partial charge >= 0.3 is 6.09 Å². The number of aliphatic hydroxyl groups excluding tert-OH is 1. The minimum Gasteiger partial charge on any atom is -0.450 e. The van der Waals surface area contributed by atoms with E-state index in [1.807, 2.05) is 6.92 Å². The van der Waals surface area contributed by atoms with Gasteiger partial charge in [0.2, 0.25) is 0 Å². The molecular weight excluding hydrogens is 338 g/mol. The van der Waals surface area contributed by atoms with Gasteiger partial charge in [-0.2, -0.15) is 0 Å². The Morgan fingerprint density at radius 3 is 1.96 bits per heavy atom. The van der Waals surface area contributed by atoms with Crippen molar-refractivity contribution in [1.82, 2.24) is 4.90 Å².